The number of aromatic nitrogens is 1. The van der Waals surface area contributed by atoms with Crippen molar-refractivity contribution in [1.82, 2.24) is 9.58 Å². The number of ether oxygens (including phenoxy) is 1. The third-order valence-electron chi connectivity index (χ3n) is 7.21. The lowest BCUT2D eigenvalue weighted by atomic mass is 9.92. The Balaban J connectivity index is 1.59. The molecule has 7 nitrogen and oxygen atoms in total. The van der Waals surface area contributed by atoms with Gasteiger partial charge in [-0.2, -0.15) is 0 Å². The molecule has 1 saturated heterocycles. The van der Waals surface area contributed by atoms with Crippen molar-refractivity contribution < 1.29 is 19.0 Å². The van der Waals surface area contributed by atoms with E-state index in [1.54, 1.807) is 27.0 Å². The molecule has 1 amide bonds. The largest absolute Gasteiger partial charge is 0.502 e. The first-order chi connectivity index (χ1) is 17.6. The predicted octanol–water partition coefficient (Wildman–Crippen LogP) is 3.94. The lowest BCUT2D eigenvalue weighted by Gasteiger charge is -2.51. The van der Waals surface area contributed by atoms with Crippen LogP contribution in [0.4, 0.5) is 4.39 Å². The van der Waals surface area contributed by atoms with E-state index in [1.807, 2.05) is 46.8 Å². The average molecular weight is 502 g/mol. The molecule has 0 bridgehead atoms. The van der Waals surface area contributed by atoms with Gasteiger partial charge in [0.2, 0.25) is 5.43 Å². The molecule has 4 heterocycles. The third-order valence-corrected chi connectivity index (χ3v) is 8.16. The van der Waals surface area contributed by atoms with Crippen molar-refractivity contribution in [3.05, 3.63) is 99.0 Å². The number of morpholine rings is 1. The first kappa shape index (κ1) is 21.3. The van der Waals surface area contributed by atoms with Crippen molar-refractivity contribution in [3.63, 3.8) is 0 Å². The van der Waals surface area contributed by atoms with Crippen LogP contribution < -0.4 is 10.4 Å². The standard InChI is InChI=1S/C27H20FN3O4S/c28-19-7-3-6-17-22(19)18-9-13-36-26(18)16-5-2-1-4-15(16)23(17)31-21-14-35-12-11-29(21)27(34)24-25(33)20(32)8-10-30(24)31/h1-10,13,21,23,33H,11-12,14H2/t21-,23-/m0/s1. The summed E-state index contributed by atoms with van der Waals surface area (Å²) in [5.74, 6) is -1.37. The van der Waals surface area contributed by atoms with Gasteiger partial charge < -0.3 is 14.7 Å². The molecule has 36 heavy (non-hydrogen) atoms. The molecular weight excluding hydrogens is 481 g/mol. The third kappa shape index (κ3) is 2.81. The molecule has 3 aliphatic rings. The van der Waals surface area contributed by atoms with Crippen molar-refractivity contribution in [2.75, 3.05) is 24.8 Å². The number of carbonyl (C=O) groups excluding carboxylic acids is 1. The number of aromatic hydroxyl groups is 1. The van der Waals surface area contributed by atoms with E-state index in [2.05, 4.69) is 0 Å². The van der Waals surface area contributed by atoms with Crippen LogP contribution in [0.5, 0.6) is 5.75 Å². The molecule has 7 rings (SSSR count). The van der Waals surface area contributed by atoms with Gasteiger partial charge in [0.1, 0.15) is 12.0 Å². The zero-order valence-electron chi connectivity index (χ0n) is 18.9. The first-order valence-electron chi connectivity index (χ1n) is 11.6. The van der Waals surface area contributed by atoms with E-state index in [1.165, 1.54) is 18.3 Å². The van der Waals surface area contributed by atoms with Crippen molar-refractivity contribution in [3.8, 4) is 27.3 Å². The summed E-state index contributed by atoms with van der Waals surface area (Å²) in [6, 6.07) is 15.6. The summed E-state index contributed by atoms with van der Waals surface area (Å²) in [5.41, 5.74) is 3.21. The van der Waals surface area contributed by atoms with Crippen LogP contribution in [0.25, 0.3) is 21.6 Å². The monoisotopic (exact) mass is 501 g/mol. The van der Waals surface area contributed by atoms with Gasteiger partial charge in [0.15, 0.2) is 11.4 Å². The Bertz CT molecular complexity index is 1610. The molecule has 2 aromatic carbocycles. The van der Waals surface area contributed by atoms with E-state index in [9.17, 15) is 14.7 Å². The molecule has 4 aromatic rings. The molecular formula is C27H20FN3O4S. The quantitative estimate of drug-likeness (QED) is 0.428. The Hall–Kier alpha value is -3.95. The van der Waals surface area contributed by atoms with E-state index in [-0.39, 0.29) is 18.1 Å². The van der Waals surface area contributed by atoms with Crippen molar-refractivity contribution in [2.45, 2.75) is 12.2 Å². The van der Waals surface area contributed by atoms with Crippen LogP contribution >= 0.6 is 11.3 Å². The molecule has 0 saturated carbocycles. The Kier molecular flexibility index (Phi) is 4.61. The highest BCUT2D eigenvalue weighted by Crippen LogP contribution is 2.50. The second kappa shape index (κ2) is 7.78. The zero-order chi connectivity index (χ0) is 24.6. The maximum absolute atomic E-state index is 15.6. The fourth-order valence-electron chi connectivity index (χ4n) is 5.69. The SMILES string of the molecule is O=C1c2c(O)c(=O)ccn2N([C@H]2c3ccccc3-c3sccc3-c3c(F)cccc32)[C@H]2COCCN12. The number of fused-ring (bicyclic) bond motifs is 7. The molecule has 0 unspecified atom stereocenters. The molecule has 0 spiro atoms. The molecule has 9 heteroatoms. The van der Waals surface area contributed by atoms with Crippen LogP contribution in [0.1, 0.15) is 27.7 Å². The van der Waals surface area contributed by atoms with Gasteiger partial charge >= 0.3 is 0 Å². The molecule has 0 radical (unpaired) electrons. The zero-order valence-corrected chi connectivity index (χ0v) is 19.7. The summed E-state index contributed by atoms with van der Waals surface area (Å²) >= 11 is 1.55. The minimum atomic E-state index is -0.629. The summed E-state index contributed by atoms with van der Waals surface area (Å²) in [7, 11) is 0. The molecule has 2 atom stereocenters. The Morgan fingerprint density at radius 2 is 1.83 bits per heavy atom. The van der Waals surface area contributed by atoms with Gasteiger partial charge in [0, 0.05) is 34.8 Å². The van der Waals surface area contributed by atoms with Crippen LogP contribution in [-0.4, -0.2) is 46.5 Å². The maximum atomic E-state index is 15.6. The highest BCUT2D eigenvalue weighted by molar-refractivity contribution is 7.14. The topological polar surface area (TPSA) is 75.0 Å². The Labute approximate surface area is 209 Å². The van der Waals surface area contributed by atoms with Gasteiger partial charge in [-0.25, -0.2) is 4.39 Å². The van der Waals surface area contributed by atoms with Crippen LogP contribution in [-0.2, 0) is 4.74 Å². The molecule has 2 aliphatic heterocycles. The predicted molar refractivity (Wildman–Crippen MR) is 133 cm³/mol. The van der Waals surface area contributed by atoms with E-state index in [0.29, 0.717) is 18.7 Å². The van der Waals surface area contributed by atoms with Crippen molar-refractivity contribution in [1.29, 1.82) is 0 Å². The molecule has 1 N–H and O–H groups in total. The number of hydrogen-bond donors (Lipinski definition) is 1. The highest BCUT2D eigenvalue weighted by atomic mass is 32.1. The summed E-state index contributed by atoms with van der Waals surface area (Å²) in [4.78, 5) is 28.4. The highest BCUT2D eigenvalue weighted by Gasteiger charge is 2.46. The number of carbonyl (C=O) groups is 1. The summed E-state index contributed by atoms with van der Waals surface area (Å²) < 4.78 is 22.9. The minimum absolute atomic E-state index is 0.102. The van der Waals surface area contributed by atoms with E-state index in [0.717, 1.165) is 27.1 Å². The fraction of sp³-hybridized carbons (Fsp3) is 0.185. The van der Waals surface area contributed by atoms with Crippen LogP contribution in [0, 0.1) is 5.82 Å². The van der Waals surface area contributed by atoms with Crippen LogP contribution in [0.2, 0.25) is 0 Å². The smallest absolute Gasteiger partial charge is 0.278 e. The molecule has 2 aromatic heterocycles. The first-order valence-corrected chi connectivity index (χ1v) is 12.5. The average Bonchev–Trinajstić information content (AvgIpc) is 3.33. The summed E-state index contributed by atoms with van der Waals surface area (Å²) in [5, 5.41) is 14.6. The number of thiophene rings is 1. The number of pyridine rings is 1. The van der Waals surface area contributed by atoms with Crippen molar-refractivity contribution in [2.24, 2.45) is 0 Å². The van der Waals surface area contributed by atoms with Gasteiger partial charge in [-0.05, 0) is 34.2 Å². The Morgan fingerprint density at radius 3 is 2.72 bits per heavy atom. The number of benzene rings is 2. The van der Waals surface area contributed by atoms with Crippen LogP contribution in [0.15, 0.2) is 71.0 Å². The molecule has 180 valence electrons. The fourth-order valence-corrected chi connectivity index (χ4v) is 6.64. The van der Waals surface area contributed by atoms with Gasteiger partial charge in [-0.1, -0.05) is 36.4 Å². The van der Waals surface area contributed by atoms with E-state index in [4.69, 9.17) is 4.74 Å². The van der Waals surface area contributed by atoms with Gasteiger partial charge in [0.25, 0.3) is 5.91 Å². The van der Waals surface area contributed by atoms with Crippen molar-refractivity contribution >= 4 is 17.2 Å². The second-order valence-corrected chi connectivity index (χ2v) is 9.93. The maximum Gasteiger partial charge on any atom is 0.278 e. The Morgan fingerprint density at radius 1 is 1.00 bits per heavy atom. The number of amides is 1. The normalized spacial score (nSPS) is 20.1. The van der Waals surface area contributed by atoms with Gasteiger partial charge in [0.05, 0.1) is 19.3 Å². The number of halogens is 1. The van der Waals surface area contributed by atoms with Gasteiger partial charge in [-0.3, -0.25) is 19.3 Å². The number of rotatable bonds is 1. The number of nitrogens with zero attached hydrogens (tertiary/aromatic N) is 3. The molecule has 1 aliphatic carbocycles. The second-order valence-electron chi connectivity index (χ2n) is 9.01. The lowest BCUT2D eigenvalue weighted by molar-refractivity contribution is -0.0196. The van der Waals surface area contributed by atoms with E-state index < -0.39 is 29.3 Å². The molecule has 1 fully saturated rings. The summed E-state index contributed by atoms with van der Waals surface area (Å²) in [6.45, 7) is 0.876. The van der Waals surface area contributed by atoms with E-state index >= 15 is 4.39 Å². The summed E-state index contributed by atoms with van der Waals surface area (Å²) in [6.07, 6.45) is 0.967. The lowest BCUT2D eigenvalue weighted by Crippen LogP contribution is -2.66. The minimum Gasteiger partial charge on any atom is -0.502 e. The van der Waals surface area contributed by atoms with Gasteiger partial charge in [-0.15, -0.1) is 11.3 Å². The number of hydrogen-bond acceptors (Lipinski definition) is 6. The van der Waals surface area contributed by atoms with Crippen LogP contribution in [0.3, 0.4) is 0 Å².